The lowest BCUT2D eigenvalue weighted by atomic mass is 9.69. The van der Waals surface area contributed by atoms with Gasteiger partial charge < -0.3 is 19.5 Å². The Hall–Kier alpha value is -3.09. The number of hydrogen-bond donors (Lipinski definition) is 1. The second kappa shape index (κ2) is 9.59. The molecule has 0 spiro atoms. The van der Waals surface area contributed by atoms with Crippen molar-refractivity contribution in [2.75, 3.05) is 13.7 Å². The maximum absolute atomic E-state index is 13.7. The van der Waals surface area contributed by atoms with Crippen molar-refractivity contribution in [2.45, 2.75) is 53.1 Å². The molecule has 1 N–H and O–H groups in total. The minimum Gasteiger partial charge on any atom is -0.491 e. The van der Waals surface area contributed by atoms with E-state index >= 15 is 0 Å². The van der Waals surface area contributed by atoms with E-state index in [2.05, 4.69) is 5.32 Å². The summed E-state index contributed by atoms with van der Waals surface area (Å²) in [6.45, 7) is 9.43. The van der Waals surface area contributed by atoms with Gasteiger partial charge in [0.2, 0.25) is 0 Å². The maximum atomic E-state index is 13.7. The third-order valence-corrected chi connectivity index (χ3v) is 5.83. The number of hydrogen-bond acceptors (Lipinski definition) is 7. The smallest absolute Gasteiger partial charge is 0.336 e. The average molecular weight is 442 g/mol. The van der Waals surface area contributed by atoms with E-state index in [4.69, 9.17) is 14.2 Å². The van der Waals surface area contributed by atoms with E-state index in [-0.39, 0.29) is 24.4 Å². The van der Waals surface area contributed by atoms with Crippen molar-refractivity contribution in [1.82, 2.24) is 5.32 Å². The second-order valence-electron chi connectivity index (χ2n) is 8.46. The van der Waals surface area contributed by atoms with E-state index in [1.807, 2.05) is 45.0 Å². The first kappa shape index (κ1) is 23.6. The average Bonchev–Trinajstić information content (AvgIpc) is 2.72. The molecule has 7 heteroatoms. The lowest BCUT2D eigenvalue weighted by molar-refractivity contribution is -0.151. The van der Waals surface area contributed by atoms with Gasteiger partial charge in [-0.25, -0.2) is 4.79 Å². The summed E-state index contributed by atoms with van der Waals surface area (Å²) < 4.78 is 16.3. The predicted octanol–water partition coefficient (Wildman–Crippen LogP) is 3.65. The number of ketones is 1. The molecule has 2 aliphatic rings. The fraction of sp³-hybridized carbons (Fsp3) is 0.480. The number of esters is 2. The van der Waals surface area contributed by atoms with Crippen LogP contribution in [0.15, 0.2) is 46.8 Å². The number of para-hydroxylation sites is 1. The first-order chi connectivity index (χ1) is 15.2. The zero-order valence-electron chi connectivity index (χ0n) is 19.5. The molecular formula is C25H31NO6. The lowest BCUT2D eigenvalue weighted by Crippen LogP contribution is -2.43. The molecule has 1 aromatic carbocycles. The summed E-state index contributed by atoms with van der Waals surface area (Å²) in [6.07, 6.45) is 0.380. The number of rotatable bonds is 6. The molecule has 0 bridgehead atoms. The summed E-state index contributed by atoms with van der Waals surface area (Å²) >= 11 is 0. The summed E-state index contributed by atoms with van der Waals surface area (Å²) in [7, 11) is 1.28. The topological polar surface area (TPSA) is 90.9 Å². The molecule has 1 aliphatic heterocycles. The van der Waals surface area contributed by atoms with Gasteiger partial charge in [-0.05, 0) is 46.1 Å². The van der Waals surface area contributed by atoms with Crippen LogP contribution in [0.4, 0.5) is 0 Å². The minimum atomic E-state index is -0.928. The number of dihydropyridines is 1. The van der Waals surface area contributed by atoms with Gasteiger partial charge >= 0.3 is 11.9 Å². The monoisotopic (exact) mass is 441 g/mol. The maximum Gasteiger partial charge on any atom is 0.336 e. The summed E-state index contributed by atoms with van der Waals surface area (Å²) in [5.74, 6) is -2.71. The van der Waals surface area contributed by atoms with Gasteiger partial charge in [-0.3, -0.25) is 9.59 Å². The second-order valence-corrected chi connectivity index (χ2v) is 8.46. The number of carbonyl (C=O) groups is 3. The highest BCUT2D eigenvalue weighted by molar-refractivity contribution is 6.12. The van der Waals surface area contributed by atoms with Gasteiger partial charge in [-0.15, -0.1) is 0 Å². The summed E-state index contributed by atoms with van der Waals surface area (Å²) in [5, 5.41) is 3.25. The summed E-state index contributed by atoms with van der Waals surface area (Å²) in [5.41, 5.74) is 2.77. The van der Waals surface area contributed by atoms with Crippen molar-refractivity contribution in [2.24, 2.45) is 11.8 Å². The number of benzene rings is 1. The normalized spacial score (nSPS) is 23.0. The van der Waals surface area contributed by atoms with Crippen molar-refractivity contribution in [3.8, 4) is 5.75 Å². The standard InChI is InChI=1S/C25H31NO6/c1-7-31-25(29)20-15(5)26-17-12-14(4)19(24(28)30-6)23(27)22(17)21(20)16-10-8-9-11-18(16)32-13(2)3/h8-11,13-14,19,21,26H,7,12H2,1-6H3/t14-,19-,21-/m1/s1. The van der Waals surface area contributed by atoms with Crippen molar-refractivity contribution >= 4 is 17.7 Å². The van der Waals surface area contributed by atoms with Crippen LogP contribution in [0.25, 0.3) is 0 Å². The Morgan fingerprint density at radius 3 is 2.53 bits per heavy atom. The highest BCUT2D eigenvalue weighted by Gasteiger charge is 2.47. The van der Waals surface area contributed by atoms with Crippen molar-refractivity contribution < 1.29 is 28.6 Å². The van der Waals surface area contributed by atoms with Crippen LogP contribution in [-0.2, 0) is 23.9 Å². The number of carbonyl (C=O) groups excluding carboxylic acids is 3. The minimum absolute atomic E-state index is 0.104. The van der Waals surface area contributed by atoms with Crippen molar-refractivity contribution in [3.05, 3.63) is 52.4 Å². The molecule has 0 fully saturated rings. The molecule has 0 aromatic heterocycles. The lowest BCUT2D eigenvalue weighted by Gasteiger charge is -2.38. The van der Waals surface area contributed by atoms with Gasteiger partial charge in [0.15, 0.2) is 5.78 Å². The van der Waals surface area contributed by atoms with Crippen LogP contribution >= 0.6 is 0 Å². The quantitative estimate of drug-likeness (QED) is 0.532. The third kappa shape index (κ3) is 4.29. The Morgan fingerprint density at radius 2 is 1.91 bits per heavy atom. The van der Waals surface area contributed by atoms with Gasteiger partial charge in [0.1, 0.15) is 11.7 Å². The van der Waals surface area contributed by atoms with E-state index in [1.165, 1.54) is 7.11 Å². The molecule has 3 rings (SSSR count). The van der Waals surface area contributed by atoms with Crippen LogP contribution in [0.2, 0.25) is 0 Å². The van der Waals surface area contributed by atoms with Gasteiger partial charge in [-0.1, -0.05) is 25.1 Å². The number of nitrogens with one attached hydrogen (secondary N) is 1. The molecule has 32 heavy (non-hydrogen) atoms. The van der Waals surface area contributed by atoms with E-state index < -0.39 is 23.8 Å². The van der Waals surface area contributed by atoms with Crippen molar-refractivity contribution in [1.29, 1.82) is 0 Å². The fourth-order valence-electron chi connectivity index (χ4n) is 4.55. The Balaban J connectivity index is 2.24. The number of allylic oxidation sites excluding steroid dienone is 3. The molecule has 0 unspecified atom stereocenters. The van der Waals surface area contributed by atoms with E-state index in [9.17, 15) is 14.4 Å². The SMILES string of the molecule is CCOC(=O)C1=C(C)NC2=C(C(=O)[C@H](C(=O)OC)[C@H](C)C2)[C@@H]1c1ccccc1OC(C)C. The molecule has 3 atom stereocenters. The highest BCUT2D eigenvalue weighted by Crippen LogP contribution is 2.47. The van der Waals surface area contributed by atoms with Crippen LogP contribution in [0, 0.1) is 11.8 Å². The van der Waals surface area contributed by atoms with Crippen LogP contribution in [-0.4, -0.2) is 37.5 Å². The van der Waals surface area contributed by atoms with Crippen LogP contribution in [0.1, 0.15) is 52.5 Å². The van der Waals surface area contributed by atoms with Crippen LogP contribution in [0.3, 0.4) is 0 Å². The zero-order valence-corrected chi connectivity index (χ0v) is 19.5. The highest BCUT2D eigenvalue weighted by atomic mass is 16.5. The molecule has 0 radical (unpaired) electrons. The van der Waals surface area contributed by atoms with Gasteiger partial charge in [0, 0.05) is 22.5 Å². The van der Waals surface area contributed by atoms with Gasteiger partial charge in [-0.2, -0.15) is 0 Å². The number of ether oxygens (including phenoxy) is 3. The molecule has 0 saturated carbocycles. The first-order valence-corrected chi connectivity index (χ1v) is 11.0. The van der Waals surface area contributed by atoms with Crippen molar-refractivity contribution in [3.63, 3.8) is 0 Å². The predicted molar refractivity (Wildman–Crippen MR) is 119 cm³/mol. The zero-order chi connectivity index (χ0) is 23.6. The van der Waals surface area contributed by atoms with E-state index in [0.717, 1.165) is 5.70 Å². The van der Waals surface area contributed by atoms with Crippen LogP contribution in [0.5, 0.6) is 5.75 Å². The number of methoxy groups -OCH3 is 1. The summed E-state index contributed by atoms with van der Waals surface area (Å²) in [6, 6.07) is 7.36. The Bertz CT molecular complexity index is 990. The molecule has 1 aromatic rings. The molecule has 0 saturated heterocycles. The Morgan fingerprint density at radius 1 is 1.22 bits per heavy atom. The largest absolute Gasteiger partial charge is 0.491 e. The number of Topliss-reactive ketones (excluding diaryl/α,β-unsaturated/α-hetero) is 1. The molecule has 0 amide bonds. The van der Waals surface area contributed by atoms with E-state index in [1.54, 1.807) is 13.8 Å². The molecule has 7 nitrogen and oxygen atoms in total. The van der Waals surface area contributed by atoms with E-state index in [0.29, 0.717) is 34.6 Å². The molecular weight excluding hydrogens is 410 g/mol. The van der Waals surface area contributed by atoms with Gasteiger partial charge in [0.25, 0.3) is 0 Å². The van der Waals surface area contributed by atoms with Gasteiger partial charge in [0.05, 0.1) is 31.3 Å². The molecule has 172 valence electrons. The Labute approximate surface area is 188 Å². The Kier molecular flexibility index (Phi) is 7.06. The summed E-state index contributed by atoms with van der Waals surface area (Å²) in [4.78, 5) is 39.2. The fourth-order valence-corrected chi connectivity index (χ4v) is 4.55. The third-order valence-electron chi connectivity index (χ3n) is 5.83. The first-order valence-electron chi connectivity index (χ1n) is 11.0. The molecule has 1 heterocycles. The van der Waals surface area contributed by atoms with Crippen LogP contribution < -0.4 is 10.1 Å². The molecule has 1 aliphatic carbocycles.